The number of methoxy groups -OCH3 is 1. The first-order valence-electron chi connectivity index (χ1n) is 5.46. The lowest BCUT2D eigenvalue weighted by Crippen LogP contribution is -1.94. The van der Waals surface area contributed by atoms with Crippen molar-refractivity contribution in [2.24, 2.45) is 0 Å². The Balaban J connectivity index is 2.44. The van der Waals surface area contributed by atoms with Gasteiger partial charge in [0, 0.05) is 17.3 Å². The van der Waals surface area contributed by atoms with E-state index in [1.807, 2.05) is 24.3 Å². The lowest BCUT2D eigenvalue weighted by Gasteiger charge is -2.08. The number of ether oxygens (including phenoxy) is 1. The van der Waals surface area contributed by atoms with Gasteiger partial charge in [-0.1, -0.05) is 6.07 Å². The van der Waals surface area contributed by atoms with Gasteiger partial charge >= 0.3 is 0 Å². The van der Waals surface area contributed by atoms with Gasteiger partial charge in [0.2, 0.25) is 0 Å². The highest BCUT2D eigenvalue weighted by Crippen LogP contribution is 2.30. The largest absolute Gasteiger partial charge is 0.496 e. The summed E-state index contributed by atoms with van der Waals surface area (Å²) < 4.78 is 6.84. The molecule has 0 spiro atoms. The van der Waals surface area contributed by atoms with Gasteiger partial charge in [0.1, 0.15) is 12.3 Å². The summed E-state index contributed by atoms with van der Waals surface area (Å²) in [5, 5.41) is 21.9. The van der Waals surface area contributed by atoms with Crippen molar-refractivity contribution in [3.05, 3.63) is 36.2 Å². The van der Waals surface area contributed by atoms with Gasteiger partial charge in [-0.25, -0.2) is 0 Å². The minimum Gasteiger partial charge on any atom is -0.496 e. The first kappa shape index (κ1) is 12.1. The Kier molecular flexibility index (Phi) is 3.60. The summed E-state index contributed by atoms with van der Waals surface area (Å²) in [6, 6.07) is 7.50. The topological polar surface area (TPSA) is 71.1 Å². The van der Waals surface area contributed by atoms with Crippen LogP contribution in [0.1, 0.15) is 5.56 Å². The predicted molar refractivity (Wildman–Crippen MR) is 65.8 cm³/mol. The van der Waals surface area contributed by atoms with Gasteiger partial charge in [-0.15, -0.1) is 0 Å². The first-order valence-corrected chi connectivity index (χ1v) is 5.46. The van der Waals surface area contributed by atoms with E-state index in [0.717, 1.165) is 16.7 Å². The van der Waals surface area contributed by atoms with E-state index in [0.29, 0.717) is 5.75 Å². The van der Waals surface area contributed by atoms with E-state index < -0.39 is 0 Å². The van der Waals surface area contributed by atoms with E-state index in [-0.39, 0.29) is 13.2 Å². The maximum absolute atomic E-state index is 9.16. The van der Waals surface area contributed by atoms with Crippen LogP contribution in [-0.4, -0.2) is 22.0 Å². The molecule has 1 heterocycles. The highest BCUT2D eigenvalue weighted by molar-refractivity contribution is 5.70. The summed E-state index contributed by atoms with van der Waals surface area (Å²) in [5.41, 5.74) is 2.52. The van der Waals surface area contributed by atoms with Crippen LogP contribution >= 0.6 is 0 Å². The summed E-state index contributed by atoms with van der Waals surface area (Å²) >= 11 is 0. The van der Waals surface area contributed by atoms with Crippen molar-refractivity contribution in [1.29, 1.82) is 5.26 Å². The Labute approximate surface area is 105 Å². The summed E-state index contributed by atoms with van der Waals surface area (Å²) in [6.07, 6.45) is 3.46. The Morgan fingerprint density at radius 1 is 1.50 bits per heavy atom. The van der Waals surface area contributed by atoms with Crippen LogP contribution in [0.5, 0.6) is 5.75 Å². The monoisotopic (exact) mass is 243 g/mol. The number of aliphatic hydroxyl groups is 1. The van der Waals surface area contributed by atoms with Crippen LogP contribution in [0, 0.1) is 11.3 Å². The van der Waals surface area contributed by atoms with Gasteiger partial charge in [0.05, 0.1) is 26.0 Å². The standard InChI is InChI=1S/C13H13N3O2/c1-18-13-3-2-10(9-17)6-12(13)11-7-15-16(8-11)5-4-14/h2-3,6-8,17H,5,9H2,1H3. The molecule has 0 aliphatic heterocycles. The lowest BCUT2D eigenvalue weighted by molar-refractivity contribution is 0.281. The number of benzene rings is 1. The number of aliphatic hydroxyl groups excluding tert-OH is 1. The highest BCUT2D eigenvalue weighted by Gasteiger charge is 2.09. The molecule has 0 fully saturated rings. The Morgan fingerprint density at radius 2 is 2.33 bits per heavy atom. The zero-order valence-corrected chi connectivity index (χ0v) is 10.00. The maximum Gasteiger partial charge on any atom is 0.128 e. The molecule has 0 bridgehead atoms. The third kappa shape index (κ3) is 2.34. The molecule has 1 aromatic carbocycles. The van der Waals surface area contributed by atoms with Gasteiger partial charge < -0.3 is 9.84 Å². The van der Waals surface area contributed by atoms with E-state index in [4.69, 9.17) is 15.1 Å². The summed E-state index contributed by atoms with van der Waals surface area (Å²) in [7, 11) is 1.59. The molecule has 5 heteroatoms. The second-order valence-electron chi connectivity index (χ2n) is 3.78. The summed E-state index contributed by atoms with van der Waals surface area (Å²) in [4.78, 5) is 0. The molecule has 0 aliphatic carbocycles. The van der Waals surface area contributed by atoms with Gasteiger partial charge in [-0.2, -0.15) is 10.4 Å². The van der Waals surface area contributed by atoms with Crippen LogP contribution in [0.25, 0.3) is 11.1 Å². The molecule has 2 aromatic rings. The predicted octanol–water partition coefficient (Wildman–Crippen LogP) is 1.57. The fourth-order valence-corrected chi connectivity index (χ4v) is 1.74. The van der Waals surface area contributed by atoms with Gasteiger partial charge in [0.25, 0.3) is 0 Å². The molecule has 0 amide bonds. The minimum absolute atomic E-state index is 0.0245. The fourth-order valence-electron chi connectivity index (χ4n) is 1.74. The number of hydrogen-bond donors (Lipinski definition) is 1. The first-order chi connectivity index (χ1) is 8.78. The van der Waals surface area contributed by atoms with Crippen LogP contribution in [0.3, 0.4) is 0 Å². The van der Waals surface area contributed by atoms with Crippen molar-refractivity contribution >= 4 is 0 Å². The maximum atomic E-state index is 9.16. The van der Waals surface area contributed by atoms with E-state index in [1.165, 1.54) is 0 Å². The van der Waals surface area contributed by atoms with E-state index in [9.17, 15) is 0 Å². The smallest absolute Gasteiger partial charge is 0.128 e. The number of aromatic nitrogens is 2. The van der Waals surface area contributed by atoms with Crippen LogP contribution in [0.15, 0.2) is 30.6 Å². The molecule has 0 atom stereocenters. The van der Waals surface area contributed by atoms with Gasteiger partial charge in [-0.3, -0.25) is 4.68 Å². The van der Waals surface area contributed by atoms with Crippen molar-refractivity contribution in [2.75, 3.05) is 7.11 Å². The van der Waals surface area contributed by atoms with Crippen molar-refractivity contribution in [1.82, 2.24) is 9.78 Å². The van der Waals surface area contributed by atoms with Crippen molar-refractivity contribution < 1.29 is 9.84 Å². The molecule has 0 saturated carbocycles. The molecule has 1 aromatic heterocycles. The Hall–Kier alpha value is -2.32. The number of hydrogen-bond acceptors (Lipinski definition) is 4. The minimum atomic E-state index is -0.0245. The average molecular weight is 243 g/mol. The SMILES string of the molecule is COc1ccc(CO)cc1-c1cnn(CC#N)c1. The van der Waals surface area contributed by atoms with E-state index >= 15 is 0 Å². The summed E-state index contributed by atoms with van der Waals surface area (Å²) in [5.74, 6) is 0.712. The zero-order chi connectivity index (χ0) is 13.0. The molecule has 0 saturated heterocycles. The quantitative estimate of drug-likeness (QED) is 0.884. The number of rotatable bonds is 4. The van der Waals surface area contributed by atoms with Crippen LogP contribution in [-0.2, 0) is 13.2 Å². The molecule has 92 valence electrons. The number of nitrogens with zero attached hydrogens (tertiary/aromatic N) is 3. The highest BCUT2D eigenvalue weighted by atomic mass is 16.5. The normalized spacial score (nSPS) is 10.1. The molecular formula is C13H13N3O2. The fraction of sp³-hybridized carbons (Fsp3) is 0.231. The lowest BCUT2D eigenvalue weighted by atomic mass is 10.1. The van der Waals surface area contributed by atoms with Crippen molar-refractivity contribution in [3.8, 4) is 22.9 Å². The molecule has 5 nitrogen and oxygen atoms in total. The number of nitriles is 1. The van der Waals surface area contributed by atoms with Gasteiger partial charge in [0.15, 0.2) is 0 Å². The van der Waals surface area contributed by atoms with Crippen LogP contribution in [0.2, 0.25) is 0 Å². The Bertz CT molecular complexity index is 584. The summed E-state index contributed by atoms with van der Waals surface area (Å²) in [6.45, 7) is 0.186. The molecule has 18 heavy (non-hydrogen) atoms. The van der Waals surface area contributed by atoms with Crippen molar-refractivity contribution in [2.45, 2.75) is 13.2 Å². The van der Waals surface area contributed by atoms with E-state index in [1.54, 1.807) is 24.2 Å². The molecular weight excluding hydrogens is 230 g/mol. The molecule has 0 unspecified atom stereocenters. The van der Waals surface area contributed by atoms with Gasteiger partial charge in [-0.05, 0) is 17.7 Å². The molecule has 1 N–H and O–H groups in total. The Morgan fingerprint density at radius 3 is 3.00 bits per heavy atom. The molecule has 2 rings (SSSR count). The zero-order valence-electron chi connectivity index (χ0n) is 10.00. The molecule has 0 radical (unpaired) electrons. The van der Waals surface area contributed by atoms with Crippen LogP contribution in [0.4, 0.5) is 0 Å². The van der Waals surface area contributed by atoms with Crippen molar-refractivity contribution in [3.63, 3.8) is 0 Å². The second kappa shape index (κ2) is 5.34. The second-order valence-corrected chi connectivity index (χ2v) is 3.78. The third-order valence-electron chi connectivity index (χ3n) is 2.62. The van der Waals surface area contributed by atoms with E-state index in [2.05, 4.69) is 5.10 Å². The third-order valence-corrected chi connectivity index (χ3v) is 2.62. The van der Waals surface area contributed by atoms with Crippen LogP contribution < -0.4 is 4.74 Å². The molecule has 0 aliphatic rings. The average Bonchev–Trinajstić information content (AvgIpc) is 2.87.